The van der Waals surface area contributed by atoms with Crippen LogP contribution in [0.4, 0.5) is 0 Å². The fraction of sp³-hybridized carbons (Fsp3) is 0.0625. The Hall–Kier alpha value is -1.39. The highest BCUT2D eigenvalue weighted by Crippen LogP contribution is 2.30. The van der Waals surface area contributed by atoms with Crippen LogP contribution in [0.1, 0.15) is 5.56 Å². The van der Waals surface area contributed by atoms with Gasteiger partial charge >= 0.3 is 0 Å². The van der Waals surface area contributed by atoms with E-state index in [9.17, 15) is 0 Å². The van der Waals surface area contributed by atoms with Crippen LogP contribution >= 0.6 is 31.9 Å². The Bertz CT molecular complexity index is 787. The van der Waals surface area contributed by atoms with Crippen LogP contribution in [0, 0.1) is 6.92 Å². The van der Waals surface area contributed by atoms with E-state index in [-0.39, 0.29) is 0 Å². The number of benzene rings is 2. The second-order valence-corrected chi connectivity index (χ2v) is 6.32. The molecular weight excluding hydrogens is 382 g/mol. The molecule has 0 atom stereocenters. The van der Waals surface area contributed by atoms with Crippen LogP contribution in [0.2, 0.25) is 0 Å². The van der Waals surface area contributed by atoms with Crippen LogP contribution in [0.3, 0.4) is 0 Å². The summed E-state index contributed by atoms with van der Waals surface area (Å²) in [6.07, 6.45) is 1.79. The average molecular weight is 393 g/mol. The second kappa shape index (κ2) is 5.54. The van der Waals surface area contributed by atoms with Crippen LogP contribution in [0.15, 0.2) is 57.6 Å². The summed E-state index contributed by atoms with van der Waals surface area (Å²) in [4.78, 5) is 4.29. The zero-order valence-electron chi connectivity index (χ0n) is 10.7. The summed E-state index contributed by atoms with van der Waals surface area (Å²) >= 11 is 6.94. The van der Waals surface area contributed by atoms with E-state index in [0.717, 1.165) is 25.6 Å². The van der Waals surface area contributed by atoms with Gasteiger partial charge in [0, 0.05) is 10.7 Å². The summed E-state index contributed by atoms with van der Waals surface area (Å²) in [5.41, 5.74) is 1.09. The molecule has 3 rings (SSSR count). The summed E-state index contributed by atoms with van der Waals surface area (Å²) in [6.45, 7) is 2.00. The molecule has 0 aliphatic rings. The van der Waals surface area contributed by atoms with Gasteiger partial charge in [-0.05, 0) is 69.5 Å². The number of halogens is 2. The smallest absolute Gasteiger partial charge is 0.233 e. The van der Waals surface area contributed by atoms with Crippen LogP contribution in [0.5, 0.6) is 11.6 Å². The fourth-order valence-electron chi connectivity index (χ4n) is 1.97. The third kappa shape index (κ3) is 2.86. The number of ether oxygens (including phenoxy) is 1. The highest BCUT2D eigenvalue weighted by atomic mass is 79.9. The molecule has 2 nitrogen and oxygen atoms in total. The van der Waals surface area contributed by atoms with Crippen LogP contribution in [-0.4, -0.2) is 4.98 Å². The molecule has 4 heteroatoms. The van der Waals surface area contributed by atoms with Gasteiger partial charge in [0.2, 0.25) is 5.88 Å². The molecule has 0 aliphatic heterocycles. The predicted molar refractivity (Wildman–Crippen MR) is 88.4 cm³/mol. The molecule has 0 saturated carbocycles. The van der Waals surface area contributed by atoms with Crippen molar-refractivity contribution in [1.29, 1.82) is 0 Å². The van der Waals surface area contributed by atoms with Gasteiger partial charge in [-0.15, -0.1) is 0 Å². The van der Waals surface area contributed by atoms with Gasteiger partial charge in [-0.25, -0.2) is 4.98 Å². The van der Waals surface area contributed by atoms with Crippen molar-refractivity contribution >= 4 is 42.6 Å². The van der Waals surface area contributed by atoms with E-state index in [1.54, 1.807) is 6.20 Å². The van der Waals surface area contributed by atoms with Gasteiger partial charge in [-0.1, -0.05) is 28.1 Å². The Morgan fingerprint density at radius 1 is 0.950 bits per heavy atom. The first kappa shape index (κ1) is 13.6. The highest BCUT2D eigenvalue weighted by molar-refractivity contribution is 9.10. The van der Waals surface area contributed by atoms with E-state index in [4.69, 9.17) is 4.74 Å². The first-order chi connectivity index (χ1) is 9.61. The maximum atomic E-state index is 5.83. The molecule has 100 valence electrons. The van der Waals surface area contributed by atoms with Crippen molar-refractivity contribution in [3.8, 4) is 11.6 Å². The maximum Gasteiger partial charge on any atom is 0.233 e. The van der Waals surface area contributed by atoms with Gasteiger partial charge in [0.1, 0.15) is 5.75 Å². The van der Waals surface area contributed by atoms with E-state index in [0.29, 0.717) is 5.88 Å². The lowest BCUT2D eigenvalue weighted by Gasteiger charge is -2.08. The number of hydrogen-bond acceptors (Lipinski definition) is 2. The molecule has 0 fully saturated rings. The second-order valence-electron chi connectivity index (χ2n) is 4.55. The molecule has 1 heterocycles. The molecule has 0 radical (unpaired) electrons. The zero-order valence-corrected chi connectivity index (χ0v) is 13.9. The Labute approximate surface area is 134 Å². The normalized spacial score (nSPS) is 10.8. The molecule has 0 saturated heterocycles. The number of pyridine rings is 1. The lowest BCUT2D eigenvalue weighted by atomic mass is 10.1. The van der Waals surface area contributed by atoms with Crippen molar-refractivity contribution in [3.63, 3.8) is 0 Å². The van der Waals surface area contributed by atoms with Gasteiger partial charge in [0.05, 0.1) is 4.47 Å². The third-order valence-corrected chi connectivity index (χ3v) is 3.99. The SMILES string of the molecule is Cc1cnc(Oc2ccc3cc(Br)ccc3c2)c(Br)c1. The van der Waals surface area contributed by atoms with E-state index in [1.807, 2.05) is 37.3 Å². The van der Waals surface area contributed by atoms with E-state index in [2.05, 4.69) is 49.0 Å². The Morgan fingerprint density at radius 2 is 1.70 bits per heavy atom. The van der Waals surface area contributed by atoms with Crippen LogP contribution in [0.25, 0.3) is 10.8 Å². The largest absolute Gasteiger partial charge is 0.438 e. The van der Waals surface area contributed by atoms with Gasteiger partial charge < -0.3 is 4.74 Å². The Balaban J connectivity index is 1.96. The van der Waals surface area contributed by atoms with E-state index < -0.39 is 0 Å². The number of aryl methyl sites for hydroxylation is 1. The molecule has 0 unspecified atom stereocenters. The molecule has 3 aromatic rings. The number of fused-ring (bicyclic) bond motifs is 1. The minimum absolute atomic E-state index is 0.576. The number of hydrogen-bond donors (Lipinski definition) is 0. The summed E-state index contributed by atoms with van der Waals surface area (Å²) in [6, 6.07) is 14.1. The quantitative estimate of drug-likeness (QED) is 0.544. The van der Waals surface area contributed by atoms with Gasteiger partial charge in [0.15, 0.2) is 0 Å². The minimum atomic E-state index is 0.576. The first-order valence-corrected chi connectivity index (χ1v) is 7.70. The van der Waals surface area contributed by atoms with Crippen molar-refractivity contribution in [2.45, 2.75) is 6.92 Å². The standard InChI is InChI=1S/C16H11Br2NO/c1-10-6-15(18)16(19-9-10)20-14-5-3-11-7-13(17)4-2-12(11)8-14/h2-9H,1H3. The zero-order chi connectivity index (χ0) is 14.1. The lowest BCUT2D eigenvalue weighted by Crippen LogP contribution is -1.90. The van der Waals surface area contributed by atoms with Crippen molar-refractivity contribution in [2.75, 3.05) is 0 Å². The monoisotopic (exact) mass is 391 g/mol. The molecule has 0 N–H and O–H groups in total. The maximum absolute atomic E-state index is 5.83. The molecule has 1 aromatic heterocycles. The third-order valence-electron chi connectivity index (χ3n) is 2.93. The molecule has 0 spiro atoms. The molecule has 20 heavy (non-hydrogen) atoms. The first-order valence-electron chi connectivity index (χ1n) is 6.11. The minimum Gasteiger partial charge on any atom is -0.438 e. The summed E-state index contributed by atoms with van der Waals surface area (Å²) in [7, 11) is 0. The summed E-state index contributed by atoms with van der Waals surface area (Å²) in [5.74, 6) is 1.35. The van der Waals surface area contributed by atoms with Crippen molar-refractivity contribution in [2.24, 2.45) is 0 Å². The highest BCUT2D eigenvalue weighted by Gasteiger charge is 2.05. The molecule has 0 amide bonds. The Kier molecular flexibility index (Phi) is 3.76. The summed E-state index contributed by atoms with van der Waals surface area (Å²) in [5, 5.41) is 2.30. The molecule has 2 aromatic carbocycles. The molecule has 0 aliphatic carbocycles. The lowest BCUT2D eigenvalue weighted by molar-refractivity contribution is 0.460. The van der Waals surface area contributed by atoms with Crippen molar-refractivity contribution in [1.82, 2.24) is 4.98 Å². The van der Waals surface area contributed by atoms with E-state index in [1.165, 1.54) is 5.39 Å². The number of rotatable bonds is 2. The van der Waals surface area contributed by atoms with Crippen molar-refractivity contribution < 1.29 is 4.74 Å². The summed E-state index contributed by atoms with van der Waals surface area (Å²) < 4.78 is 7.76. The molecule has 0 bridgehead atoms. The van der Waals surface area contributed by atoms with Crippen molar-refractivity contribution in [3.05, 3.63) is 63.2 Å². The van der Waals surface area contributed by atoms with Gasteiger partial charge in [0.25, 0.3) is 0 Å². The number of nitrogens with zero attached hydrogens (tertiary/aromatic N) is 1. The van der Waals surface area contributed by atoms with Crippen LogP contribution < -0.4 is 4.74 Å². The topological polar surface area (TPSA) is 22.1 Å². The number of aromatic nitrogens is 1. The van der Waals surface area contributed by atoms with Gasteiger partial charge in [-0.3, -0.25) is 0 Å². The average Bonchev–Trinajstić information content (AvgIpc) is 2.42. The van der Waals surface area contributed by atoms with Gasteiger partial charge in [-0.2, -0.15) is 0 Å². The predicted octanol–water partition coefficient (Wildman–Crippen LogP) is 5.86. The Morgan fingerprint density at radius 3 is 2.50 bits per heavy atom. The molecular formula is C16H11Br2NO. The fourth-order valence-corrected chi connectivity index (χ4v) is 2.89. The van der Waals surface area contributed by atoms with E-state index >= 15 is 0 Å². The van der Waals surface area contributed by atoms with Crippen LogP contribution in [-0.2, 0) is 0 Å².